The molecule has 0 saturated carbocycles. The van der Waals surface area contributed by atoms with E-state index in [1.807, 2.05) is 18.2 Å². The van der Waals surface area contributed by atoms with Gasteiger partial charge in [-0.1, -0.05) is 0 Å². The molecule has 3 N–H and O–H groups in total. The quantitative estimate of drug-likeness (QED) is 0.427. The third kappa shape index (κ3) is 3.77. The lowest BCUT2D eigenvalue weighted by Gasteiger charge is -2.05. The first-order valence-corrected chi connectivity index (χ1v) is 10.1. The third-order valence-electron chi connectivity index (χ3n) is 4.83. The van der Waals surface area contributed by atoms with E-state index in [1.54, 1.807) is 12.3 Å². The van der Waals surface area contributed by atoms with Crippen molar-refractivity contribution < 1.29 is 24.5 Å². The minimum Gasteiger partial charge on any atom is -0.506 e. The number of carboxylic acids is 1. The molecule has 1 amide bonds. The van der Waals surface area contributed by atoms with Crippen LogP contribution in [-0.2, 0) is 6.42 Å². The Hall–Kier alpha value is -3.65. The molecule has 8 heteroatoms. The van der Waals surface area contributed by atoms with Crippen molar-refractivity contribution in [3.8, 4) is 21.9 Å². The predicted molar refractivity (Wildman–Crippen MR) is 114 cm³/mol. The van der Waals surface area contributed by atoms with Crippen molar-refractivity contribution in [3.63, 3.8) is 0 Å². The molecule has 4 rings (SSSR count). The summed E-state index contributed by atoms with van der Waals surface area (Å²) in [5.74, 6) is -0.539. The maximum atomic E-state index is 12.2. The van der Waals surface area contributed by atoms with Gasteiger partial charge in [0.15, 0.2) is 0 Å². The van der Waals surface area contributed by atoms with Crippen molar-refractivity contribution in [2.24, 2.45) is 5.10 Å². The van der Waals surface area contributed by atoms with Crippen LogP contribution in [0.4, 0.5) is 0 Å². The molecule has 0 spiro atoms. The van der Waals surface area contributed by atoms with E-state index in [1.165, 1.54) is 35.6 Å². The van der Waals surface area contributed by atoms with Gasteiger partial charge >= 0.3 is 5.97 Å². The number of hydrogen-bond donors (Lipinski definition) is 3. The van der Waals surface area contributed by atoms with Crippen LogP contribution < -0.4 is 10.2 Å². The number of ether oxygens (including phenoxy) is 1. The Morgan fingerprint density at radius 1 is 1.13 bits per heavy atom. The van der Waals surface area contributed by atoms with Gasteiger partial charge in [0.1, 0.15) is 11.5 Å². The first-order chi connectivity index (χ1) is 14.4. The minimum absolute atomic E-state index is 0.0973. The normalized spacial score (nSPS) is 12.9. The van der Waals surface area contributed by atoms with Crippen LogP contribution in [0, 0.1) is 0 Å². The zero-order chi connectivity index (χ0) is 21.3. The van der Waals surface area contributed by atoms with Crippen LogP contribution >= 0.6 is 11.3 Å². The molecular formula is C22H18N2O5S. The number of aromatic carboxylic acids is 1. The second-order valence-electron chi connectivity index (χ2n) is 6.77. The number of rotatable bonds is 5. The van der Waals surface area contributed by atoms with E-state index in [9.17, 15) is 14.7 Å². The van der Waals surface area contributed by atoms with Gasteiger partial charge in [-0.15, -0.1) is 11.3 Å². The molecule has 0 bridgehead atoms. The molecule has 0 fully saturated rings. The van der Waals surface area contributed by atoms with Crippen molar-refractivity contribution in [2.45, 2.75) is 13.3 Å². The maximum absolute atomic E-state index is 12.2. The smallest absolute Gasteiger partial charge is 0.335 e. The number of amides is 1. The summed E-state index contributed by atoms with van der Waals surface area (Å²) >= 11 is 1.40. The van der Waals surface area contributed by atoms with Gasteiger partial charge in [-0.2, -0.15) is 5.10 Å². The number of thiophene rings is 1. The van der Waals surface area contributed by atoms with Crippen LogP contribution in [0.2, 0.25) is 0 Å². The number of hydrazone groups is 1. The van der Waals surface area contributed by atoms with Gasteiger partial charge in [0.05, 0.1) is 28.3 Å². The number of carbonyl (C=O) groups excluding carboxylic acids is 1. The molecule has 2 aromatic carbocycles. The fourth-order valence-corrected chi connectivity index (χ4v) is 4.17. The molecule has 0 saturated heterocycles. The fraction of sp³-hybridized carbons (Fsp3) is 0.136. The summed E-state index contributed by atoms with van der Waals surface area (Å²) in [5.41, 5.74) is 5.83. The summed E-state index contributed by atoms with van der Waals surface area (Å²) < 4.78 is 5.52. The van der Waals surface area contributed by atoms with Crippen molar-refractivity contribution in [1.82, 2.24) is 5.43 Å². The van der Waals surface area contributed by atoms with Gasteiger partial charge in [-0.05, 0) is 60.5 Å². The number of hydrogen-bond acceptors (Lipinski definition) is 6. The summed E-state index contributed by atoms with van der Waals surface area (Å²) in [6, 6.07) is 11.4. The Kier molecular flexibility index (Phi) is 5.24. The number of nitrogens with one attached hydrogen (secondary N) is 1. The number of fused-ring (bicyclic) bond motifs is 1. The highest BCUT2D eigenvalue weighted by Gasteiger charge is 2.18. The van der Waals surface area contributed by atoms with E-state index in [2.05, 4.69) is 10.5 Å². The maximum Gasteiger partial charge on any atom is 0.335 e. The summed E-state index contributed by atoms with van der Waals surface area (Å²) in [6.07, 6.45) is 0.849. The van der Waals surface area contributed by atoms with Crippen LogP contribution in [0.1, 0.15) is 38.8 Å². The van der Waals surface area contributed by atoms with Crippen molar-refractivity contribution in [3.05, 3.63) is 70.1 Å². The molecule has 1 aliphatic heterocycles. The molecule has 1 aliphatic rings. The lowest BCUT2D eigenvalue weighted by Crippen LogP contribution is -2.19. The Morgan fingerprint density at radius 3 is 2.60 bits per heavy atom. The van der Waals surface area contributed by atoms with Crippen LogP contribution in [0.5, 0.6) is 11.5 Å². The summed E-state index contributed by atoms with van der Waals surface area (Å²) in [7, 11) is 0. The zero-order valence-corrected chi connectivity index (χ0v) is 16.8. The molecular weight excluding hydrogens is 404 g/mol. The third-order valence-corrected chi connectivity index (χ3v) is 5.84. The fourth-order valence-electron chi connectivity index (χ4n) is 3.16. The molecule has 7 nitrogen and oxygen atoms in total. The van der Waals surface area contributed by atoms with E-state index >= 15 is 0 Å². The number of nitrogens with zero attached hydrogens (tertiary/aromatic N) is 1. The molecule has 0 unspecified atom stereocenters. The molecule has 0 radical (unpaired) electrons. The SMILES string of the molecule is C/C(=N\NC(=O)c1ccc(C(=O)O)cc1)c1csc(-c2ccc3c(c2)CCO3)c1O. The Labute approximate surface area is 176 Å². The number of benzene rings is 2. The predicted octanol–water partition coefficient (Wildman–Crippen LogP) is 3.91. The zero-order valence-electron chi connectivity index (χ0n) is 16.0. The molecule has 2 heterocycles. The number of carbonyl (C=O) groups is 2. The van der Waals surface area contributed by atoms with E-state index in [-0.39, 0.29) is 16.9 Å². The van der Waals surface area contributed by atoms with E-state index in [4.69, 9.17) is 9.84 Å². The van der Waals surface area contributed by atoms with Crippen LogP contribution in [-0.4, -0.2) is 34.4 Å². The lowest BCUT2D eigenvalue weighted by atomic mass is 10.1. The van der Waals surface area contributed by atoms with Gasteiger partial charge in [0, 0.05) is 17.4 Å². The van der Waals surface area contributed by atoms with Crippen LogP contribution in [0.15, 0.2) is 52.9 Å². The van der Waals surface area contributed by atoms with E-state index in [0.29, 0.717) is 17.9 Å². The molecule has 0 atom stereocenters. The lowest BCUT2D eigenvalue weighted by molar-refractivity contribution is 0.0696. The van der Waals surface area contributed by atoms with Crippen molar-refractivity contribution >= 4 is 28.9 Å². The standard InChI is InChI=1S/C22H18N2O5S/c1-12(23-24-21(26)13-2-4-14(5-3-13)22(27)28)17-11-30-20(19(17)25)16-6-7-18-15(10-16)8-9-29-18/h2-7,10-11,25H,8-9H2,1H3,(H,24,26)(H,27,28)/b23-12+. The Balaban J connectivity index is 1.51. The van der Waals surface area contributed by atoms with Gasteiger partial charge in [-0.25, -0.2) is 10.2 Å². The highest BCUT2D eigenvalue weighted by Crippen LogP contribution is 2.40. The van der Waals surface area contributed by atoms with E-state index in [0.717, 1.165) is 28.2 Å². The molecule has 1 aromatic heterocycles. The average molecular weight is 422 g/mol. The van der Waals surface area contributed by atoms with Crippen LogP contribution in [0.25, 0.3) is 10.4 Å². The van der Waals surface area contributed by atoms with Gasteiger partial charge in [-0.3, -0.25) is 4.79 Å². The number of carboxylic acid groups (broad SMARTS) is 1. The first kappa shape index (κ1) is 19.7. The highest BCUT2D eigenvalue weighted by molar-refractivity contribution is 7.14. The monoisotopic (exact) mass is 422 g/mol. The van der Waals surface area contributed by atoms with E-state index < -0.39 is 11.9 Å². The van der Waals surface area contributed by atoms with Gasteiger partial charge in [0.25, 0.3) is 5.91 Å². The minimum atomic E-state index is -1.06. The largest absolute Gasteiger partial charge is 0.506 e. The summed E-state index contributed by atoms with van der Waals surface area (Å²) in [4.78, 5) is 23.9. The molecule has 152 valence electrons. The molecule has 30 heavy (non-hydrogen) atoms. The van der Waals surface area contributed by atoms with Gasteiger partial charge in [0.2, 0.25) is 0 Å². The first-order valence-electron chi connectivity index (χ1n) is 9.19. The van der Waals surface area contributed by atoms with Crippen molar-refractivity contribution in [2.75, 3.05) is 6.61 Å². The average Bonchev–Trinajstić information content (AvgIpc) is 3.37. The molecule has 3 aromatic rings. The Bertz CT molecular complexity index is 1160. The van der Waals surface area contributed by atoms with Crippen molar-refractivity contribution in [1.29, 1.82) is 0 Å². The highest BCUT2D eigenvalue weighted by atomic mass is 32.1. The topological polar surface area (TPSA) is 108 Å². The van der Waals surface area contributed by atoms with Crippen LogP contribution in [0.3, 0.4) is 0 Å². The Morgan fingerprint density at radius 2 is 1.87 bits per heavy atom. The summed E-state index contributed by atoms with van der Waals surface area (Å²) in [5, 5.41) is 25.5. The molecule has 0 aliphatic carbocycles. The van der Waals surface area contributed by atoms with Gasteiger partial charge < -0.3 is 14.9 Å². The second kappa shape index (κ2) is 8.00. The second-order valence-corrected chi connectivity index (χ2v) is 7.65. The summed E-state index contributed by atoms with van der Waals surface area (Å²) in [6.45, 7) is 2.36. The number of aromatic hydroxyl groups is 1.